The van der Waals surface area contributed by atoms with Gasteiger partial charge in [-0.1, -0.05) is 11.6 Å². The van der Waals surface area contributed by atoms with Gasteiger partial charge < -0.3 is 5.73 Å². The number of benzene rings is 1. The molecule has 0 spiro atoms. The van der Waals surface area contributed by atoms with E-state index in [1.807, 2.05) is 6.92 Å². The number of nitrogens with zero attached hydrogens (tertiary/aromatic N) is 2. The average molecular weight is 250 g/mol. The number of rotatable bonds is 3. The zero-order chi connectivity index (χ0) is 12.4. The molecule has 17 heavy (non-hydrogen) atoms. The van der Waals surface area contributed by atoms with Crippen LogP contribution in [0.2, 0.25) is 5.02 Å². The van der Waals surface area contributed by atoms with Gasteiger partial charge in [0.1, 0.15) is 5.69 Å². The summed E-state index contributed by atoms with van der Waals surface area (Å²) >= 11 is 5.87. The highest BCUT2D eigenvalue weighted by atomic mass is 35.5. The Morgan fingerprint density at radius 1 is 1.47 bits per heavy atom. The number of anilines is 1. The highest BCUT2D eigenvalue weighted by Crippen LogP contribution is 2.19. The summed E-state index contributed by atoms with van der Waals surface area (Å²) in [4.78, 5) is 12.2. The van der Waals surface area contributed by atoms with Gasteiger partial charge in [-0.05, 0) is 31.2 Å². The number of hydrogen-bond donors (Lipinski definition) is 1. The average Bonchev–Trinajstić information content (AvgIpc) is 2.74. The van der Waals surface area contributed by atoms with E-state index in [2.05, 4.69) is 5.10 Å². The second-order valence-electron chi connectivity index (χ2n) is 3.63. The van der Waals surface area contributed by atoms with Crippen molar-refractivity contribution in [2.24, 2.45) is 0 Å². The maximum Gasteiger partial charge on any atom is 0.211 e. The molecule has 5 heteroatoms. The maximum absolute atomic E-state index is 12.2. The lowest BCUT2D eigenvalue weighted by Crippen LogP contribution is -2.10. The number of hydrogen-bond acceptors (Lipinski definition) is 3. The standard InChI is InChI=1S/C12H12ClN3O/c1-2-16-11(3-4-15-16)12(17)8-5-9(13)7-10(14)6-8/h3-7H,2,14H2,1H3. The molecule has 0 aliphatic carbocycles. The van der Waals surface area contributed by atoms with Crippen LogP contribution in [0.3, 0.4) is 0 Å². The number of aryl methyl sites for hydroxylation is 1. The molecule has 2 aromatic rings. The molecule has 1 aromatic heterocycles. The zero-order valence-corrected chi connectivity index (χ0v) is 10.1. The third kappa shape index (κ3) is 2.31. The summed E-state index contributed by atoms with van der Waals surface area (Å²) in [6.07, 6.45) is 1.60. The highest BCUT2D eigenvalue weighted by Gasteiger charge is 2.14. The first-order valence-corrected chi connectivity index (χ1v) is 5.62. The fourth-order valence-electron chi connectivity index (χ4n) is 1.67. The molecule has 0 aliphatic rings. The predicted molar refractivity (Wildman–Crippen MR) is 67.2 cm³/mol. The van der Waals surface area contributed by atoms with E-state index in [4.69, 9.17) is 17.3 Å². The molecule has 0 unspecified atom stereocenters. The lowest BCUT2D eigenvalue weighted by atomic mass is 10.1. The van der Waals surface area contributed by atoms with E-state index in [9.17, 15) is 4.79 Å². The first-order chi connectivity index (χ1) is 8.11. The molecule has 88 valence electrons. The van der Waals surface area contributed by atoms with Crippen LogP contribution in [0.1, 0.15) is 23.0 Å². The minimum Gasteiger partial charge on any atom is -0.399 e. The Bertz CT molecular complexity index is 542. The molecule has 2 rings (SSSR count). The van der Waals surface area contributed by atoms with Gasteiger partial charge in [-0.3, -0.25) is 9.48 Å². The van der Waals surface area contributed by atoms with Crippen molar-refractivity contribution in [3.05, 3.63) is 46.7 Å². The van der Waals surface area contributed by atoms with E-state index < -0.39 is 0 Å². The lowest BCUT2D eigenvalue weighted by molar-refractivity contribution is 0.102. The van der Waals surface area contributed by atoms with Gasteiger partial charge in [0.25, 0.3) is 0 Å². The van der Waals surface area contributed by atoms with Crippen LogP contribution in [-0.2, 0) is 6.54 Å². The molecule has 0 aliphatic heterocycles. The van der Waals surface area contributed by atoms with Gasteiger partial charge in [-0.15, -0.1) is 0 Å². The van der Waals surface area contributed by atoms with Gasteiger partial charge in [0.2, 0.25) is 5.78 Å². The van der Waals surface area contributed by atoms with Crippen LogP contribution in [0, 0.1) is 0 Å². The van der Waals surface area contributed by atoms with Crippen LogP contribution >= 0.6 is 11.6 Å². The molecular weight excluding hydrogens is 238 g/mol. The molecular formula is C12H12ClN3O. The molecule has 1 heterocycles. The molecule has 0 saturated carbocycles. The van der Waals surface area contributed by atoms with Crippen LogP contribution in [0.4, 0.5) is 5.69 Å². The fourth-order valence-corrected chi connectivity index (χ4v) is 1.91. The monoisotopic (exact) mass is 249 g/mol. The number of halogens is 1. The van der Waals surface area contributed by atoms with Crippen LogP contribution in [0.25, 0.3) is 0 Å². The van der Waals surface area contributed by atoms with E-state index in [-0.39, 0.29) is 5.78 Å². The summed E-state index contributed by atoms with van der Waals surface area (Å²) < 4.78 is 1.64. The van der Waals surface area contributed by atoms with Crippen molar-refractivity contribution in [1.29, 1.82) is 0 Å². The summed E-state index contributed by atoms with van der Waals surface area (Å²) in [6, 6.07) is 6.51. The number of aromatic nitrogens is 2. The van der Waals surface area contributed by atoms with Crippen molar-refractivity contribution in [2.45, 2.75) is 13.5 Å². The fraction of sp³-hybridized carbons (Fsp3) is 0.167. The Morgan fingerprint density at radius 3 is 2.88 bits per heavy atom. The largest absolute Gasteiger partial charge is 0.399 e. The smallest absolute Gasteiger partial charge is 0.211 e. The minimum atomic E-state index is -0.126. The first kappa shape index (κ1) is 11.7. The highest BCUT2D eigenvalue weighted by molar-refractivity contribution is 6.31. The predicted octanol–water partition coefficient (Wildman–Crippen LogP) is 2.37. The summed E-state index contributed by atoms with van der Waals surface area (Å²) in [5, 5.41) is 4.51. The van der Waals surface area contributed by atoms with Gasteiger partial charge in [-0.2, -0.15) is 5.10 Å². The van der Waals surface area contributed by atoms with Crippen molar-refractivity contribution in [3.8, 4) is 0 Å². The van der Waals surface area contributed by atoms with Gasteiger partial charge in [0.15, 0.2) is 0 Å². The van der Waals surface area contributed by atoms with Gasteiger partial charge in [0, 0.05) is 29.0 Å². The Balaban J connectivity index is 2.43. The van der Waals surface area contributed by atoms with Gasteiger partial charge in [-0.25, -0.2) is 0 Å². The molecule has 2 N–H and O–H groups in total. The van der Waals surface area contributed by atoms with Crippen molar-refractivity contribution >= 4 is 23.1 Å². The number of nitrogen functional groups attached to an aromatic ring is 1. The molecule has 1 aromatic carbocycles. The summed E-state index contributed by atoms with van der Waals surface area (Å²) in [5.74, 6) is -0.126. The zero-order valence-electron chi connectivity index (χ0n) is 9.35. The number of carbonyl (C=O) groups is 1. The SMILES string of the molecule is CCn1nccc1C(=O)c1cc(N)cc(Cl)c1. The van der Waals surface area contributed by atoms with Crippen LogP contribution in [-0.4, -0.2) is 15.6 Å². The van der Waals surface area contributed by atoms with E-state index in [1.54, 1.807) is 35.1 Å². The van der Waals surface area contributed by atoms with Gasteiger partial charge >= 0.3 is 0 Å². The van der Waals surface area contributed by atoms with Crippen molar-refractivity contribution in [1.82, 2.24) is 9.78 Å². The van der Waals surface area contributed by atoms with Crippen LogP contribution in [0.15, 0.2) is 30.5 Å². The summed E-state index contributed by atoms with van der Waals surface area (Å²) in [7, 11) is 0. The Hall–Kier alpha value is -1.81. The second kappa shape index (κ2) is 4.59. The normalized spacial score (nSPS) is 10.5. The molecule has 0 radical (unpaired) electrons. The number of ketones is 1. The quantitative estimate of drug-likeness (QED) is 0.671. The maximum atomic E-state index is 12.2. The minimum absolute atomic E-state index is 0.126. The van der Waals surface area contributed by atoms with Crippen LogP contribution < -0.4 is 5.73 Å². The second-order valence-corrected chi connectivity index (χ2v) is 4.07. The van der Waals surface area contributed by atoms with Crippen molar-refractivity contribution < 1.29 is 4.79 Å². The third-order valence-electron chi connectivity index (χ3n) is 2.43. The van der Waals surface area contributed by atoms with E-state index in [0.717, 1.165) is 0 Å². The number of carbonyl (C=O) groups excluding carboxylic acids is 1. The lowest BCUT2D eigenvalue weighted by Gasteiger charge is -2.05. The Kier molecular flexibility index (Phi) is 3.15. The molecule has 0 amide bonds. The first-order valence-electron chi connectivity index (χ1n) is 5.24. The molecule has 0 bridgehead atoms. The molecule has 0 atom stereocenters. The number of nitrogens with two attached hydrogens (primary N) is 1. The van der Waals surface area contributed by atoms with Crippen molar-refractivity contribution in [3.63, 3.8) is 0 Å². The summed E-state index contributed by atoms with van der Waals surface area (Å²) in [5.41, 5.74) is 7.15. The van der Waals surface area contributed by atoms with Crippen LogP contribution in [0.5, 0.6) is 0 Å². The molecule has 0 fully saturated rings. The Labute approximate surface area is 104 Å². The Morgan fingerprint density at radius 2 is 2.24 bits per heavy atom. The molecule has 4 nitrogen and oxygen atoms in total. The molecule has 0 saturated heterocycles. The van der Waals surface area contributed by atoms with Crippen molar-refractivity contribution in [2.75, 3.05) is 5.73 Å². The van der Waals surface area contributed by atoms with Gasteiger partial charge in [0.05, 0.1) is 0 Å². The third-order valence-corrected chi connectivity index (χ3v) is 2.65. The van der Waals surface area contributed by atoms with E-state index in [0.29, 0.717) is 28.5 Å². The topological polar surface area (TPSA) is 60.9 Å². The summed E-state index contributed by atoms with van der Waals surface area (Å²) in [6.45, 7) is 2.57. The van der Waals surface area contributed by atoms with E-state index >= 15 is 0 Å². The van der Waals surface area contributed by atoms with E-state index in [1.165, 1.54) is 0 Å².